The molecule has 2 rings (SSSR count). The van der Waals surface area contributed by atoms with Crippen molar-refractivity contribution in [2.75, 3.05) is 20.3 Å². The van der Waals surface area contributed by atoms with Crippen LogP contribution in [0, 0.1) is 5.82 Å². The van der Waals surface area contributed by atoms with Gasteiger partial charge in [-0.1, -0.05) is 0 Å². The Hall–Kier alpha value is -1.49. The molecule has 0 atom stereocenters. The number of aliphatic hydroxyl groups is 1. The van der Waals surface area contributed by atoms with Crippen LogP contribution in [0.5, 0.6) is 17.2 Å². The largest absolute Gasteiger partial charge is 0.493 e. The van der Waals surface area contributed by atoms with E-state index in [4.69, 9.17) is 14.2 Å². The minimum absolute atomic E-state index is 0.00625. The minimum Gasteiger partial charge on any atom is -0.493 e. The summed E-state index contributed by atoms with van der Waals surface area (Å²) in [7, 11) is 1.35. The van der Waals surface area contributed by atoms with Crippen LogP contribution in [0.1, 0.15) is 12.0 Å². The van der Waals surface area contributed by atoms with E-state index in [1.54, 1.807) is 0 Å². The van der Waals surface area contributed by atoms with Crippen molar-refractivity contribution in [3.05, 3.63) is 17.4 Å². The van der Waals surface area contributed by atoms with Gasteiger partial charge in [0.15, 0.2) is 23.1 Å². The lowest BCUT2D eigenvalue weighted by molar-refractivity contribution is 0.253. The third kappa shape index (κ3) is 1.78. The maximum absolute atomic E-state index is 13.6. The van der Waals surface area contributed by atoms with Gasteiger partial charge in [0.25, 0.3) is 0 Å². The molecule has 16 heavy (non-hydrogen) atoms. The molecule has 0 saturated carbocycles. The van der Waals surface area contributed by atoms with Crippen LogP contribution in [0.2, 0.25) is 0 Å². The first-order valence-electron chi connectivity index (χ1n) is 5.03. The second-order valence-corrected chi connectivity index (χ2v) is 3.41. The van der Waals surface area contributed by atoms with Crippen LogP contribution in [0.4, 0.5) is 4.39 Å². The number of rotatable bonds is 2. The van der Waals surface area contributed by atoms with Crippen LogP contribution in [0.3, 0.4) is 0 Å². The zero-order valence-corrected chi connectivity index (χ0v) is 8.96. The van der Waals surface area contributed by atoms with Crippen molar-refractivity contribution in [1.29, 1.82) is 0 Å². The lowest BCUT2D eigenvalue weighted by atomic mass is 10.1. The Balaban J connectivity index is 2.56. The van der Waals surface area contributed by atoms with E-state index in [1.807, 2.05) is 0 Å². The summed E-state index contributed by atoms with van der Waals surface area (Å²) in [4.78, 5) is 0. The van der Waals surface area contributed by atoms with Crippen molar-refractivity contribution in [3.8, 4) is 17.2 Å². The predicted molar refractivity (Wildman–Crippen MR) is 54.5 cm³/mol. The number of hydrogen-bond donors (Lipinski definition) is 1. The first-order chi connectivity index (χ1) is 7.77. The number of hydrogen-bond acceptors (Lipinski definition) is 4. The molecule has 1 aliphatic heterocycles. The average molecular weight is 228 g/mol. The van der Waals surface area contributed by atoms with Crippen LogP contribution >= 0.6 is 0 Å². The van der Waals surface area contributed by atoms with Crippen LogP contribution in [-0.2, 0) is 6.61 Å². The van der Waals surface area contributed by atoms with Gasteiger partial charge in [-0.2, -0.15) is 0 Å². The molecule has 0 aliphatic carbocycles. The predicted octanol–water partition coefficient (Wildman–Crippen LogP) is 1.49. The molecular formula is C11H13FO4. The molecule has 4 nitrogen and oxygen atoms in total. The molecule has 88 valence electrons. The van der Waals surface area contributed by atoms with Crippen molar-refractivity contribution in [3.63, 3.8) is 0 Å². The molecular weight excluding hydrogens is 215 g/mol. The molecule has 1 N–H and O–H groups in total. The van der Waals surface area contributed by atoms with Gasteiger partial charge in [-0.15, -0.1) is 0 Å². The summed E-state index contributed by atoms with van der Waals surface area (Å²) < 4.78 is 29.3. The summed E-state index contributed by atoms with van der Waals surface area (Å²) in [6.45, 7) is 0.602. The smallest absolute Gasteiger partial charge is 0.170 e. The molecule has 0 spiro atoms. The Morgan fingerprint density at radius 2 is 2.19 bits per heavy atom. The Morgan fingerprint density at radius 1 is 1.44 bits per heavy atom. The maximum atomic E-state index is 13.6. The Labute approximate surface area is 92.6 Å². The fraction of sp³-hybridized carbons (Fsp3) is 0.455. The highest BCUT2D eigenvalue weighted by atomic mass is 19.1. The van der Waals surface area contributed by atoms with Crippen LogP contribution in [-0.4, -0.2) is 25.4 Å². The van der Waals surface area contributed by atoms with E-state index in [2.05, 4.69) is 0 Å². The highest BCUT2D eigenvalue weighted by Crippen LogP contribution is 2.40. The van der Waals surface area contributed by atoms with Gasteiger partial charge in [-0.25, -0.2) is 4.39 Å². The van der Waals surface area contributed by atoms with E-state index < -0.39 is 5.82 Å². The number of halogens is 1. The van der Waals surface area contributed by atoms with Gasteiger partial charge in [0.2, 0.25) is 0 Å². The van der Waals surface area contributed by atoms with Gasteiger partial charge in [0, 0.05) is 12.5 Å². The van der Waals surface area contributed by atoms with Gasteiger partial charge in [0.05, 0.1) is 32.5 Å². The second kappa shape index (κ2) is 4.57. The number of ether oxygens (including phenoxy) is 3. The fourth-order valence-electron chi connectivity index (χ4n) is 1.69. The standard InChI is InChI=1S/C11H13FO4/c1-14-10-7(6-13)11-9(5-8(10)12)15-3-2-4-16-11/h5,13H,2-4,6H2,1H3. The molecule has 0 fully saturated rings. The van der Waals surface area contributed by atoms with E-state index in [1.165, 1.54) is 13.2 Å². The molecule has 0 radical (unpaired) electrons. The van der Waals surface area contributed by atoms with Gasteiger partial charge < -0.3 is 19.3 Å². The molecule has 0 unspecified atom stereocenters. The minimum atomic E-state index is -0.559. The van der Waals surface area contributed by atoms with E-state index in [0.29, 0.717) is 30.3 Å². The topological polar surface area (TPSA) is 47.9 Å². The SMILES string of the molecule is COc1c(F)cc2c(c1CO)OCCCO2. The molecule has 0 bridgehead atoms. The van der Waals surface area contributed by atoms with Gasteiger partial charge >= 0.3 is 0 Å². The Kier molecular flexibility index (Phi) is 3.14. The highest BCUT2D eigenvalue weighted by Gasteiger charge is 2.22. The van der Waals surface area contributed by atoms with E-state index in [-0.39, 0.29) is 12.4 Å². The van der Waals surface area contributed by atoms with Gasteiger partial charge in [0.1, 0.15) is 0 Å². The molecule has 0 saturated heterocycles. The maximum Gasteiger partial charge on any atom is 0.170 e. The number of benzene rings is 1. The zero-order valence-electron chi connectivity index (χ0n) is 8.96. The van der Waals surface area contributed by atoms with Gasteiger partial charge in [-0.05, 0) is 0 Å². The summed E-state index contributed by atoms with van der Waals surface area (Å²) in [5.74, 6) is 0.139. The summed E-state index contributed by atoms with van der Waals surface area (Å²) in [5, 5.41) is 9.24. The highest BCUT2D eigenvalue weighted by molar-refractivity contribution is 5.54. The first-order valence-corrected chi connectivity index (χ1v) is 5.03. The first kappa shape index (κ1) is 11.0. The van der Waals surface area contributed by atoms with Crippen molar-refractivity contribution in [2.45, 2.75) is 13.0 Å². The van der Waals surface area contributed by atoms with E-state index in [0.717, 1.165) is 6.42 Å². The molecule has 1 aromatic carbocycles. The van der Waals surface area contributed by atoms with Crippen LogP contribution < -0.4 is 14.2 Å². The Bertz CT molecular complexity index is 392. The van der Waals surface area contributed by atoms with Gasteiger partial charge in [-0.3, -0.25) is 0 Å². The van der Waals surface area contributed by atoms with Crippen molar-refractivity contribution in [1.82, 2.24) is 0 Å². The van der Waals surface area contributed by atoms with E-state index in [9.17, 15) is 9.50 Å². The third-order valence-electron chi connectivity index (χ3n) is 2.40. The lowest BCUT2D eigenvalue weighted by Gasteiger charge is -2.15. The number of fused-ring (bicyclic) bond motifs is 1. The molecule has 1 heterocycles. The number of aliphatic hydroxyl groups excluding tert-OH is 1. The summed E-state index contributed by atoms with van der Waals surface area (Å²) in [6.07, 6.45) is 0.726. The van der Waals surface area contributed by atoms with Crippen molar-refractivity contribution < 1.29 is 23.7 Å². The van der Waals surface area contributed by atoms with Crippen molar-refractivity contribution >= 4 is 0 Å². The summed E-state index contributed by atoms with van der Waals surface area (Å²) in [6, 6.07) is 1.22. The molecule has 5 heteroatoms. The quantitative estimate of drug-likeness (QED) is 0.833. The monoisotopic (exact) mass is 228 g/mol. The second-order valence-electron chi connectivity index (χ2n) is 3.41. The molecule has 0 aromatic heterocycles. The third-order valence-corrected chi connectivity index (χ3v) is 2.40. The number of methoxy groups -OCH3 is 1. The van der Waals surface area contributed by atoms with Crippen LogP contribution in [0.25, 0.3) is 0 Å². The molecule has 0 amide bonds. The summed E-state index contributed by atoms with van der Waals surface area (Å²) in [5.41, 5.74) is 0.291. The Morgan fingerprint density at radius 3 is 2.88 bits per heavy atom. The zero-order chi connectivity index (χ0) is 11.5. The fourth-order valence-corrected chi connectivity index (χ4v) is 1.69. The normalized spacial score (nSPS) is 14.4. The van der Waals surface area contributed by atoms with Crippen LogP contribution in [0.15, 0.2) is 6.07 Å². The lowest BCUT2D eigenvalue weighted by Crippen LogP contribution is -2.02. The molecule has 1 aromatic rings. The van der Waals surface area contributed by atoms with E-state index >= 15 is 0 Å². The molecule has 1 aliphatic rings. The van der Waals surface area contributed by atoms with Crippen molar-refractivity contribution in [2.24, 2.45) is 0 Å². The summed E-state index contributed by atoms with van der Waals surface area (Å²) >= 11 is 0. The average Bonchev–Trinajstić information content (AvgIpc) is 2.52.